The molecule has 0 nitrogen and oxygen atoms in total. The van der Waals surface area contributed by atoms with Gasteiger partial charge in [-0.3, -0.25) is 0 Å². The van der Waals surface area contributed by atoms with Crippen LogP contribution in [0.5, 0.6) is 0 Å². The summed E-state index contributed by atoms with van der Waals surface area (Å²) < 4.78 is 0. The van der Waals surface area contributed by atoms with Crippen LogP contribution < -0.4 is 0 Å². The second-order valence-corrected chi connectivity index (χ2v) is 3.11. The average molecular weight is 152 g/mol. The second-order valence-electron chi connectivity index (χ2n) is 3.11. The molecule has 0 fully saturated rings. The summed E-state index contributed by atoms with van der Waals surface area (Å²) in [4.78, 5) is 0. The summed E-state index contributed by atoms with van der Waals surface area (Å²) in [6.07, 6.45) is 6.96. The Morgan fingerprint density at radius 1 is 1.36 bits per heavy atom. The molecule has 0 amide bonds. The molecule has 0 heteroatoms. The Balaban J connectivity index is 3.63. The first-order chi connectivity index (χ1) is 5.20. The van der Waals surface area contributed by atoms with E-state index in [9.17, 15) is 0 Å². The molecule has 0 aromatic heterocycles. The van der Waals surface area contributed by atoms with Crippen molar-refractivity contribution in [3.63, 3.8) is 0 Å². The third-order valence-electron chi connectivity index (χ3n) is 1.88. The molecule has 0 aromatic carbocycles. The molecule has 0 spiro atoms. The molecule has 0 heterocycles. The zero-order valence-electron chi connectivity index (χ0n) is 8.11. The van der Waals surface area contributed by atoms with E-state index in [0.717, 1.165) is 12.8 Å². The summed E-state index contributed by atoms with van der Waals surface area (Å²) >= 11 is 0. The molecule has 0 aliphatic carbocycles. The van der Waals surface area contributed by atoms with E-state index < -0.39 is 0 Å². The summed E-state index contributed by atoms with van der Waals surface area (Å²) in [7, 11) is 0. The van der Waals surface area contributed by atoms with Crippen LogP contribution in [0.1, 0.15) is 46.5 Å². The minimum Gasteiger partial charge on any atom is -0.0996 e. The molecular weight excluding hydrogens is 132 g/mol. The molecule has 0 N–H and O–H groups in total. The molecule has 64 valence electrons. The molecule has 11 heavy (non-hydrogen) atoms. The van der Waals surface area contributed by atoms with Gasteiger partial charge in [0, 0.05) is 0 Å². The second kappa shape index (κ2) is 6.21. The Bertz CT molecular complexity index is 140. The van der Waals surface area contributed by atoms with Crippen molar-refractivity contribution in [1.82, 2.24) is 0 Å². The van der Waals surface area contributed by atoms with Crippen LogP contribution in [0.25, 0.3) is 0 Å². The molecule has 0 atom stereocenters. The summed E-state index contributed by atoms with van der Waals surface area (Å²) in [5.74, 6) is 0. The Morgan fingerprint density at radius 3 is 2.45 bits per heavy atom. The normalized spacial score (nSPS) is 11.7. The van der Waals surface area contributed by atoms with Gasteiger partial charge in [0.2, 0.25) is 0 Å². The molecule has 0 aliphatic rings. The van der Waals surface area contributed by atoms with Crippen LogP contribution >= 0.6 is 0 Å². The molecule has 0 radical (unpaired) electrons. The smallest absolute Gasteiger partial charge is 0.0139 e. The lowest BCUT2D eigenvalue weighted by atomic mass is 10.1. The maximum absolute atomic E-state index is 3.96. The van der Waals surface area contributed by atoms with Crippen molar-refractivity contribution in [1.29, 1.82) is 0 Å². The Kier molecular flexibility index (Phi) is 5.91. The third-order valence-corrected chi connectivity index (χ3v) is 1.88. The number of hydrogen-bond donors (Lipinski definition) is 0. The zero-order valence-corrected chi connectivity index (χ0v) is 8.11. The van der Waals surface area contributed by atoms with E-state index in [4.69, 9.17) is 0 Å². The monoisotopic (exact) mass is 152 g/mol. The van der Waals surface area contributed by atoms with Crippen LogP contribution in [0.4, 0.5) is 0 Å². The van der Waals surface area contributed by atoms with E-state index in [1.54, 1.807) is 0 Å². The van der Waals surface area contributed by atoms with Crippen molar-refractivity contribution in [3.05, 3.63) is 23.8 Å². The highest BCUT2D eigenvalue weighted by atomic mass is 14.0. The first-order valence-electron chi connectivity index (χ1n) is 4.53. The van der Waals surface area contributed by atoms with E-state index in [-0.39, 0.29) is 0 Å². The topological polar surface area (TPSA) is 0 Å². The van der Waals surface area contributed by atoms with E-state index in [1.165, 1.54) is 24.0 Å². The maximum Gasteiger partial charge on any atom is -0.0139 e. The lowest BCUT2D eigenvalue weighted by molar-refractivity contribution is 0.894. The van der Waals surface area contributed by atoms with Crippen molar-refractivity contribution in [2.45, 2.75) is 46.5 Å². The van der Waals surface area contributed by atoms with Gasteiger partial charge in [0.25, 0.3) is 0 Å². The van der Waals surface area contributed by atoms with Gasteiger partial charge in [0.05, 0.1) is 0 Å². The van der Waals surface area contributed by atoms with Gasteiger partial charge >= 0.3 is 0 Å². The number of hydrogen-bond acceptors (Lipinski definition) is 0. The van der Waals surface area contributed by atoms with Gasteiger partial charge in [-0.2, -0.15) is 0 Å². The predicted octanol–water partition coefficient (Wildman–Crippen LogP) is 4.09. The first kappa shape index (κ1) is 10.5. The molecule has 0 saturated heterocycles. The molecule has 0 aliphatic heterocycles. The van der Waals surface area contributed by atoms with E-state index >= 15 is 0 Å². The lowest BCUT2D eigenvalue weighted by Crippen LogP contribution is -1.78. The molecular formula is C11H20. The highest BCUT2D eigenvalue weighted by Gasteiger charge is 1.89. The van der Waals surface area contributed by atoms with Gasteiger partial charge in [-0.15, -0.1) is 0 Å². The van der Waals surface area contributed by atoms with Crippen LogP contribution in [0.3, 0.4) is 0 Å². The number of rotatable bonds is 5. The number of allylic oxidation sites excluding steroid dienone is 3. The Labute approximate surface area is 71.0 Å². The molecule has 0 saturated carbocycles. The van der Waals surface area contributed by atoms with Crippen molar-refractivity contribution in [3.8, 4) is 0 Å². The minimum absolute atomic E-state index is 1.07. The van der Waals surface area contributed by atoms with Gasteiger partial charge in [-0.05, 0) is 26.2 Å². The Morgan fingerprint density at radius 2 is 2.00 bits per heavy atom. The SMILES string of the molecule is C=C(CC)CC=C(C)CCC. The molecule has 0 rings (SSSR count). The van der Waals surface area contributed by atoms with Gasteiger partial charge < -0.3 is 0 Å². The largest absolute Gasteiger partial charge is 0.0996 e. The van der Waals surface area contributed by atoms with E-state index in [0.29, 0.717) is 0 Å². The fourth-order valence-electron chi connectivity index (χ4n) is 0.959. The van der Waals surface area contributed by atoms with E-state index in [2.05, 4.69) is 33.4 Å². The van der Waals surface area contributed by atoms with Crippen molar-refractivity contribution in [2.24, 2.45) is 0 Å². The van der Waals surface area contributed by atoms with Gasteiger partial charge in [0.1, 0.15) is 0 Å². The molecule has 0 unspecified atom stereocenters. The van der Waals surface area contributed by atoms with Crippen molar-refractivity contribution < 1.29 is 0 Å². The van der Waals surface area contributed by atoms with Crippen LogP contribution in [0.2, 0.25) is 0 Å². The minimum atomic E-state index is 1.07. The van der Waals surface area contributed by atoms with Crippen LogP contribution in [-0.4, -0.2) is 0 Å². The average Bonchev–Trinajstić information content (AvgIpc) is 2.01. The fourth-order valence-corrected chi connectivity index (χ4v) is 0.959. The standard InChI is InChI=1S/C11H20/c1-5-7-11(4)9-8-10(3)6-2/h9H,3,5-8H2,1-2,4H3. The fraction of sp³-hybridized carbons (Fsp3) is 0.636. The summed E-state index contributed by atoms with van der Waals surface area (Å²) in [5.41, 5.74) is 2.84. The Hall–Kier alpha value is -0.520. The summed E-state index contributed by atoms with van der Waals surface area (Å²) in [6, 6.07) is 0. The van der Waals surface area contributed by atoms with E-state index in [1.807, 2.05) is 0 Å². The van der Waals surface area contributed by atoms with Gasteiger partial charge in [-0.25, -0.2) is 0 Å². The molecule has 0 bridgehead atoms. The summed E-state index contributed by atoms with van der Waals surface area (Å²) in [6.45, 7) is 10.5. The zero-order chi connectivity index (χ0) is 8.69. The van der Waals surface area contributed by atoms with Crippen LogP contribution in [0.15, 0.2) is 23.8 Å². The highest BCUT2D eigenvalue weighted by Crippen LogP contribution is 2.09. The van der Waals surface area contributed by atoms with Crippen molar-refractivity contribution in [2.75, 3.05) is 0 Å². The molecule has 0 aromatic rings. The quantitative estimate of drug-likeness (QED) is 0.520. The van der Waals surface area contributed by atoms with Gasteiger partial charge in [-0.1, -0.05) is 44.1 Å². The van der Waals surface area contributed by atoms with Gasteiger partial charge in [0.15, 0.2) is 0 Å². The highest BCUT2D eigenvalue weighted by molar-refractivity contribution is 5.06. The van der Waals surface area contributed by atoms with Crippen molar-refractivity contribution >= 4 is 0 Å². The summed E-state index contributed by atoms with van der Waals surface area (Å²) in [5, 5.41) is 0. The first-order valence-corrected chi connectivity index (χ1v) is 4.53. The third kappa shape index (κ3) is 5.90. The van der Waals surface area contributed by atoms with Crippen LogP contribution in [-0.2, 0) is 0 Å². The van der Waals surface area contributed by atoms with Crippen LogP contribution in [0, 0.1) is 0 Å². The predicted molar refractivity (Wildman–Crippen MR) is 52.7 cm³/mol. The lowest BCUT2D eigenvalue weighted by Gasteiger charge is -1.99. The maximum atomic E-state index is 3.96.